The van der Waals surface area contributed by atoms with Gasteiger partial charge in [-0.3, -0.25) is 4.79 Å². The van der Waals surface area contributed by atoms with Gasteiger partial charge in [0, 0.05) is 11.0 Å². The molecule has 0 bridgehead atoms. The number of benzene rings is 2. The van der Waals surface area contributed by atoms with Gasteiger partial charge in [-0.05, 0) is 35.9 Å². The highest BCUT2D eigenvalue weighted by atomic mass is 79.9. The van der Waals surface area contributed by atoms with Crippen LogP contribution in [0.1, 0.15) is 5.56 Å². The van der Waals surface area contributed by atoms with Crippen LogP contribution in [0.25, 0.3) is 0 Å². The summed E-state index contributed by atoms with van der Waals surface area (Å²) in [6.07, 6.45) is 0. The van der Waals surface area contributed by atoms with Crippen LogP contribution in [0.3, 0.4) is 0 Å². The molecule has 0 aliphatic heterocycles. The van der Waals surface area contributed by atoms with Crippen molar-refractivity contribution in [3.63, 3.8) is 0 Å². The molecule has 2 aromatic rings. The first-order chi connectivity index (χ1) is 12.4. The van der Waals surface area contributed by atoms with Gasteiger partial charge in [0.15, 0.2) is 29.7 Å². The fraction of sp³-hybridized carbons (Fsp3) is 0.235. The van der Waals surface area contributed by atoms with Crippen molar-refractivity contribution >= 4 is 21.8 Å². The average Bonchev–Trinajstić information content (AvgIpc) is 2.59. The number of rotatable bonds is 8. The van der Waals surface area contributed by atoms with Gasteiger partial charge in [-0.2, -0.15) is 8.78 Å². The van der Waals surface area contributed by atoms with Gasteiger partial charge in [-0.15, -0.1) is 0 Å². The Hall–Kier alpha value is -2.42. The molecular weight excluding hydrogens is 419 g/mol. The number of carbonyl (C=O) groups excluding carboxylic acids is 1. The highest BCUT2D eigenvalue weighted by Crippen LogP contribution is 2.29. The summed E-state index contributed by atoms with van der Waals surface area (Å²) in [6, 6.07) is 8.57. The molecule has 0 aromatic heterocycles. The third-order valence-corrected chi connectivity index (χ3v) is 3.68. The van der Waals surface area contributed by atoms with Crippen LogP contribution in [0.4, 0.5) is 13.2 Å². The highest BCUT2D eigenvalue weighted by molar-refractivity contribution is 9.10. The molecule has 0 unspecified atom stereocenters. The molecular formula is C17H15BrF3NO4. The largest absolute Gasteiger partial charge is 0.493 e. The standard InChI is InChI=1S/C17H15BrF3NO4/c1-24-14-4-2-10(6-15(14)26-17(20)21)8-22-16(23)9-25-13-5-3-11(18)7-12(13)19/h2-7,17H,8-9H2,1H3,(H,22,23). The summed E-state index contributed by atoms with van der Waals surface area (Å²) >= 11 is 3.12. The number of hydrogen-bond donors (Lipinski definition) is 1. The van der Waals surface area contributed by atoms with Crippen LogP contribution in [0, 0.1) is 5.82 Å². The number of methoxy groups -OCH3 is 1. The third kappa shape index (κ3) is 5.83. The molecule has 1 amide bonds. The van der Waals surface area contributed by atoms with E-state index in [4.69, 9.17) is 9.47 Å². The van der Waals surface area contributed by atoms with Crippen molar-refractivity contribution in [2.24, 2.45) is 0 Å². The lowest BCUT2D eigenvalue weighted by Gasteiger charge is -2.12. The zero-order valence-electron chi connectivity index (χ0n) is 13.6. The Morgan fingerprint density at radius 3 is 2.54 bits per heavy atom. The van der Waals surface area contributed by atoms with E-state index in [-0.39, 0.29) is 23.8 Å². The number of ether oxygens (including phenoxy) is 3. The van der Waals surface area contributed by atoms with Crippen molar-refractivity contribution in [3.05, 3.63) is 52.3 Å². The van der Waals surface area contributed by atoms with E-state index in [1.165, 1.54) is 31.4 Å². The third-order valence-electron chi connectivity index (χ3n) is 3.19. The summed E-state index contributed by atoms with van der Waals surface area (Å²) in [5.41, 5.74) is 0.518. The van der Waals surface area contributed by atoms with Gasteiger partial charge in [0.25, 0.3) is 5.91 Å². The van der Waals surface area contributed by atoms with Crippen LogP contribution in [0.15, 0.2) is 40.9 Å². The molecule has 5 nitrogen and oxygen atoms in total. The van der Waals surface area contributed by atoms with Crippen LogP contribution in [-0.2, 0) is 11.3 Å². The Labute approximate surface area is 156 Å². The van der Waals surface area contributed by atoms with Gasteiger partial charge in [-0.1, -0.05) is 22.0 Å². The molecule has 2 aromatic carbocycles. The van der Waals surface area contributed by atoms with Crippen LogP contribution in [0.2, 0.25) is 0 Å². The maximum atomic E-state index is 13.6. The van der Waals surface area contributed by atoms with Gasteiger partial charge in [0.1, 0.15) is 0 Å². The minimum absolute atomic E-state index is 0.0502. The first-order valence-electron chi connectivity index (χ1n) is 7.35. The Morgan fingerprint density at radius 2 is 1.88 bits per heavy atom. The lowest BCUT2D eigenvalue weighted by molar-refractivity contribution is -0.123. The quantitative estimate of drug-likeness (QED) is 0.685. The summed E-state index contributed by atoms with van der Waals surface area (Å²) in [4.78, 5) is 11.8. The molecule has 0 aliphatic carbocycles. The summed E-state index contributed by atoms with van der Waals surface area (Å²) in [5.74, 6) is -1.15. The summed E-state index contributed by atoms with van der Waals surface area (Å²) < 4.78 is 53.4. The van der Waals surface area contributed by atoms with E-state index in [1.807, 2.05) is 0 Å². The van der Waals surface area contributed by atoms with Crippen molar-refractivity contribution in [1.29, 1.82) is 0 Å². The Kier molecular flexibility index (Phi) is 7.14. The Balaban J connectivity index is 1.90. The fourth-order valence-electron chi connectivity index (χ4n) is 2.01. The topological polar surface area (TPSA) is 56.8 Å². The zero-order chi connectivity index (χ0) is 19.1. The molecule has 0 aliphatic rings. The fourth-order valence-corrected chi connectivity index (χ4v) is 2.34. The molecule has 9 heteroatoms. The van der Waals surface area contributed by atoms with Gasteiger partial charge < -0.3 is 19.5 Å². The normalized spacial score (nSPS) is 10.5. The molecule has 0 heterocycles. The number of halogens is 4. The Bertz CT molecular complexity index is 774. The van der Waals surface area contributed by atoms with Crippen molar-refractivity contribution in [2.75, 3.05) is 13.7 Å². The first kappa shape index (κ1) is 19.9. The number of nitrogens with one attached hydrogen (secondary N) is 1. The van der Waals surface area contributed by atoms with Crippen molar-refractivity contribution in [1.82, 2.24) is 5.32 Å². The average molecular weight is 434 g/mol. The summed E-state index contributed by atoms with van der Waals surface area (Å²) in [7, 11) is 1.33. The molecule has 0 atom stereocenters. The smallest absolute Gasteiger partial charge is 0.387 e. The van der Waals surface area contributed by atoms with Crippen molar-refractivity contribution < 1.29 is 32.2 Å². The summed E-state index contributed by atoms with van der Waals surface area (Å²) in [5, 5.41) is 2.54. The number of carbonyl (C=O) groups is 1. The van der Waals surface area contributed by atoms with E-state index < -0.39 is 24.9 Å². The van der Waals surface area contributed by atoms with E-state index in [9.17, 15) is 18.0 Å². The van der Waals surface area contributed by atoms with Crippen LogP contribution < -0.4 is 19.5 Å². The van der Waals surface area contributed by atoms with Crippen LogP contribution >= 0.6 is 15.9 Å². The van der Waals surface area contributed by atoms with E-state index in [0.717, 1.165) is 0 Å². The van der Waals surface area contributed by atoms with E-state index >= 15 is 0 Å². The summed E-state index contributed by atoms with van der Waals surface area (Å²) in [6.45, 7) is -3.34. The highest BCUT2D eigenvalue weighted by Gasteiger charge is 2.12. The van der Waals surface area contributed by atoms with Crippen molar-refractivity contribution in [2.45, 2.75) is 13.2 Å². The minimum atomic E-state index is -3.00. The van der Waals surface area contributed by atoms with E-state index in [2.05, 4.69) is 26.0 Å². The lowest BCUT2D eigenvalue weighted by atomic mass is 10.2. The predicted octanol–water partition coefficient (Wildman–Crippen LogP) is 3.89. The van der Waals surface area contributed by atoms with Crippen molar-refractivity contribution in [3.8, 4) is 17.2 Å². The SMILES string of the molecule is COc1ccc(CNC(=O)COc2ccc(Br)cc2F)cc1OC(F)F. The van der Waals surface area contributed by atoms with Crippen LogP contribution in [0.5, 0.6) is 17.2 Å². The number of alkyl halides is 2. The molecule has 0 saturated carbocycles. The molecule has 0 radical (unpaired) electrons. The van der Waals surface area contributed by atoms with Gasteiger partial charge in [0.2, 0.25) is 0 Å². The van der Waals surface area contributed by atoms with E-state index in [0.29, 0.717) is 10.0 Å². The second-order valence-electron chi connectivity index (χ2n) is 5.00. The molecule has 0 spiro atoms. The lowest BCUT2D eigenvalue weighted by Crippen LogP contribution is -2.28. The number of amides is 1. The predicted molar refractivity (Wildman–Crippen MR) is 91.1 cm³/mol. The minimum Gasteiger partial charge on any atom is -0.493 e. The Morgan fingerprint density at radius 1 is 1.15 bits per heavy atom. The maximum absolute atomic E-state index is 13.6. The second-order valence-corrected chi connectivity index (χ2v) is 5.92. The zero-order valence-corrected chi connectivity index (χ0v) is 15.2. The molecule has 0 saturated heterocycles. The van der Waals surface area contributed by atoms with Gasteiger partial charge in [-0.25, -0.2) is 4.39 Å². The van der Waals surface area contributed by atoms with Gasteiger partial charge >= 0.3 is 6.61 Å². The molecule has 26 heavy (non-hydrogen) atoms. The molecule has 140 valence electrons. The number of hydrogen-bond acceptors (Lipinski definition) is 4. The second kappa shape index (κ2) is 9.33. The monoisotopic (exact) mass is 433 g/mol. The first-order valence-corrected chi connectivity index (χ1v) is 8.14. The van der Waals surface area contributed by atoms with Gasteiger partial charge in [0.05, 0.1) is 7.11 Å². The van der Waals surface area contributed by atoms with Crippen LogP contribution in [-0.4, -0.2) is 26.2 Å². The maximum Gasteiger partial charge on any atom is 0.387 e. The molecule has 0 fully saturated rings. The molecule has 2 rings (SSSR count). The van der Waals surface area contributed by atoms with E-state index in [1.54, 1.807) is 12.1 Å². The molecule has 1 N–H and O–H groups in total.